The van der Waals surface area contributed by atoms with Gasteiger partial charge in [-0.05, 0) is 72.7 Å². The largest absolute Gasteiger partial charge is 0.496 e. The van der Waals surface area contributed by atoms with Crippen molar-refractivity contribution in [2.75, 3.05) is 7.11 Å². The molecule has 0 bridgehead atoms. The first kappa shape index (κ1) is 18.2. The van der Waals surface area contributed by atoms with Crippen molar-refractivity contribution in [2.45, 2.75) is 31.7 Å². The lowest BCUT2D eigenvalue weighted by molar-refractivity contribution is 0.411. The molecule has 0 unspecified atom stereocenters. The smallest absolute Gasteiger partial charge is 0.241 e. The summed E-state index contributed by atoms with van der Waals surface area (Å²) in [4.78, 5) is 0.236. The molecule has 0 aliphatic rings. The van der Waals surface area contributed by atoms with Crippen LogP contribution in [0.4, 0.5) is 0 Å². The molecule has 0 radical (unpaired) electrons. The molecule has 0 heterocycles. The molecule has 0 fully saturated rings. The van der Waals surface area contributed by atoms with Crippen LogP contribution in [0.5, 0.6) is 5.75 Å². The average Bonchev–Trinajstić information content (AvgIpc) is 2.49. The number of hydrogen-bond acceptors (Lipinski definition) is 3. The first-order chi connectivity index (χ1) is 10.7. The number of methoxy groups -OCH3 is 1. The minimum atomic E-state index is -3.60. The Morgan fingerprint density at radius 1 is 1.13 bits per heavy atom. The highest BCUT2D eigenvalue weighted by Crippen LogP contribution is 2.26. The Bertz CT molecular complexity index is 819. The van der Waals surface area contributed by atoms with Crippen molar-refractivity contribution >= 4 is 32.6 Å². The monoisotopic (exact) mass is 445 g/mol. The molecule has 23 heavy (non-hydrogen) atoms. The summed E-state index contributed by atoms with van der Waals surface area (Å²) in [6, 6.07) is 10.6. The summed E-state index contributed by atoms with van der Waals surface area (Å²) in [6.45, 7) is 5.83. The number of nitrogens with one attached hydrogen (secondary N) is 1. The summed E-state index contributed by atoms with van der Waals surface area (Å²) in [5.74, 6) is 0.659. The Morgan fingerprint density at radius 3 is 2.43 bits per heavy atom. The summed E-state index contributed by atoms with van der Waals surface area (Å²) >= 11 is 2.06. The molecule has 1 N–H and O–H groups in total. The third-order valence-corrected chi connectivity index (χ3v) is 6.05. The predicted octanol–water partition coefficient (Wildman–Crippen LogP) is 3.96. The fourth-order valence-electron chi connectivity index (χ4n) is 2.40. The number of sulfonamides is 1. The average molecular weight is 445 g/mol. The van der Waals surface area contributed by atoms with Crippen molar-refractivity contribution in [1.29, 1.82) is 0 Å². The van der Waals surface area contributed by atoms with Crippen molar-refractivity contribution in [2.24, 2.45) is 0 Å². The van der Waals surface area contributed by atoms with E-state index in [0.717, 1.165) is 20.3 Å². The Morgan fingerprint density at radius 2 is 1.83 bits per heavy atom. The first-order valence-electron chi connectivity index (χ1n) is 7.17. The lowest BCUT2D eigenvalue weighted by atomic mass is 10.0. The molecule has 0 aliphatic carbocycles. The number of benzene rings is 2. The van der Waals surface area contributed by atoms with Gasteiger partial charge in [-0.25, -0.2) is 13.1 Å². The lowest BCUT2D eigenvalue weighted by Crippen LogP contribution is -2.27. The van der Waals surface area contributed by atoms with Gasteiger partial charge in [0.2, 0.25) is 10.0 Å². The van der Waals surface area contributed by atoms with Gasteiger partial charge in [0.05, 0.1) is 15.6 Å². The molecular formula is C17H20INO3S. The molecule has 1 atom stereocenters. The van der Waals surface area contributed by atoms with Gasteiger partial charge in [0.1, 0.15) is 5.75 Å². The second kappa shape index (κ2) is 7.19. The molecule has 2 rings (SSSR count). The number of ether oxygens (including phenoxy) is 1. The number of halogens is 1. The van der Waals surface area contributed by atoms with Crippen LogP contribution >= 0.6 is 22.6 Å². The van der Waals surface area contributed by atoms with Crippen molar-refractivity contribution in [3.8, 4) is 5.75 Å². The quantitative estimate of drug-likeness (QED) is 0.710. The van der Waals surface area contributed by atoms with Gasteiger partial charge >= 0.3 is 0 Å². The summed E-state index contributed by atoms with van der Waals surface area (Å²) in [5.41, 5.74) is 3.16. The van der Waals surface area contributed by atoms with E-state index in [-0.39, 0.29) is 10.9 Å². The van der Waals surface area contributed by atoms with Gasteiger partial charge < -0.3 is 4.74 Å². The van der Waals surface area contributed by atoms with Crippen LogP contribution in [0.3, 0.4) is 0 Å². The van der Waals surface area contributed by atoms with E-state index in [9.17, 15) is 8.42 Å². The second-order valence-electron chi connectivity index (χ2n) is 5.50. The minimum Gasteiger partial charge on any atom is -0.496 e. The summed E-state index contributed by atoms with van der Waals surface area (Å²) in [5, 5.41) is 0. The van der Waals surface area contributed by atoms with E-state index < -0.39 is 10.0 Å². The zero-order valence-corrected chi connectivity index (χ0v) is 16.5. The van der Waals surface area contributed by atoms with Gasteiger partial charge in [-0.3, -0.25) is 0 Å². The van der Waals surface area contributed by atoms with Gasteiger partial charge in [-0.15, -0.1) is 0 Å². The van der Waals surface area contributed by atoms with Gasteiger partial charge in [0.25, 0.3) is 0 Å². The highest BCUT2D eigenvalue weighted by atomic mass is 127. The third kappa shape index (κ3) is 4.24. The van der Waals surface area contributed by atoms with E-state index in [4.69, 9.17) is 4.74 Å². The van der Waals surface area contributed by atoms with Crippen LogP contribution in [0.1, 0.15) is 29.7 Å². The van der Waals surface area contributed by atoms with E-state index in [2.05, 4.69) is 27.3 Å². The van der Waals surface area contributed by atoms with Crippen molar-refractivity contribution in [3.63, 3.8) is 0 Å². The molecule has 124 valence electrons. The zero-order chi connectivity index (χ0) is 17.2. The molecule has 0 aliphatic heterocycles. The second-order valence-corrected chi connectivity index (χ2v) is 8.38. The van der Waals surface area contributed by atoms with Gasteiger partial charge in [0.15, 0.2) is 0 Å². The maximum atomic E-state index is 12.6. The first-order valence-corrected chi connectivity index (χ1v) is 9.74. The van der Waals surface area contributed by atoms with Crippen LogP contribution in [-0.2, 0) is 10.0 Å². The molecule has 0 aromatic heterocycles. The highest BCUT2D eigenvalue weighted by Gasteiger charge is 2.20. The maximum absolute atomic E-state index is 12.6. The molecule has 0 saturated heterocycles. The van der Waals surface area contributed by atoms with Crippen LogP contribution < -0.4 is 9.46 Å². The van der Waals surface area contributed by atoms with Crippen LogP contribution in [0.15, 0.2) is 41.3 Å². The highest BCUT2D eigenvalue weighted by molar-refractivity contribution is 14.1. The molecule has 0 saturated carbocycles. The molecule has 0 spiro atoms. The van der Waals surface area contributed by atoms with Crippen LogP contribution in [0.2, 0.25) is 0 Å². The van der Waals surface area contributed by atoms with E-state index in [1.54, 1.807) is 25.3 Å². The fourth-order valence-corrected chi connectivity index (χ4v) is 4.60. The summed E-state index contributed by atoms with van der Waals surface area (Å²) in [7, 11) is -2.03. The summed E-state index contributed by atoms with van der Waals surface area (Å²) in [6.07, 6.45) is 0. The Hall–Kier alpha value is -1.12. The minimum absolute atomic E-state index is 0.236. The fraction of sp³-hybridized carbons (Fsp3) is 0.294. The molecule has 2 aromatic carbocycles. The zero-order valence-electron chi connectivity index (χ0n) is 13.6. The maximum Gasteiger partial charge on any atom is 0.241 e. The molecular weight excluding hydrogens is 425 g/mol. The van der Waals surface area contributed by atoms with Crippen molar-refractivity contribution < 1.29 is 13.2 Å². The topological polar surface area (TPSA) is 55.4 Å². The lowest BCUT2D eigenvalue weighted by Gasteiger charge is -2.18. The molecule has 4 nitrogen and oxygen atoms in total. The number of rotatable bonds is 5. The number of hydrogen-bond donors (Lipinski definition) is 1. The predicted molar refractivity (Wildman–Crippen MR) is 100 cm³/mol. The van der Waals surface area contributed by atoms with E-state index in [1.165, 1.54) is 0 Å². The van der Waals surface area contributed by atoms with Crippen molar-refractivity contribution in [1.82, 2.24) is 4.72 Å². The van der Waals surface area contributed by atoms with Crippen LogP contribution in [0, 0.1) is 17.4 Å². The summed E-state index contributed by atoms with van der Waals surface area (Å²) < 4.78 is 33.9. The number of aryl methyl sites for hydroxylation is 2. The van der Waals surface area contributed by atoms with Crippen molar-refractivity contribution in [3.05, 3.63) is 56.7 Å². The normalized spacial score (nSPS) is 12.9. The van der Waals surface area contributed by atoms with Crippen LogP contribution in [-0.4, -0.2) is 15.5 Å². The Kier molecular flexibility index (Phi) is 5.70. The van der Waals surface area contributed by atoms with Gasteiger partial charge in [-0.1, -0.05) is 23.8 Å². The van der Waals surface area contributed by atoms with Gasteiger partial charge in [0, 0.05) is 6.04 Å². The van der Waals surface area contributed by atoms with E-state index in [0.29, 0.717) is 5.75 Å². The standard InChI is InChI=1S/C17H20INO3S/c1-11-5-6-12(2)15(9-11)13(3)19-23(20,21)14-7-8-17(22-4)16(18)10-14/h5-10,13,19H,1-4H3/t13-/m1/s1. The third-order valence-electron chi connectivity index (χ3n) is 3.67. The Labute approximate surface area is 151 Å². The Balaban J connectivity index is 2.30. The van der Waals surface area contributed by atoms with E-state index >= 15 is 0 Å². The van der Waals surface area contributed by atoms with Crippen LogP contribution in [0.25, 0.3) is 0 Å². The molecule has 0 amide bonds. The SMILES string of the molecule is COc1ccc(S(=O)(=O)N[C@H](C)c2cc(C)ccc2C)cc1I. The molecule has 2 aromatic rings. The molecule has 6 heteroatoms. The van der Waals surface area contributed by atoms with E-state index in [1.807, 2.05) is 39.0 Å². The van der Waals surface area contributed by atoms with Gasteiger partial charge in [-0.2, -0.15) is 0 Å².